The van der Waals surface area contributed by atoms with Gasteiger partial charge in [-0.15, -0.1) is 0 Å². The monoisotopic (exact) mass is 380 g/mol. The number of nitrogens with zero attached hydrogens (tertiary/aromatic N) is 3. The molecular formula is C21H24N4O3. The smallest absolute Gasteiger partial charge is 0.308 e. The van der Waals surface area contributed by atoms with E-state index in [4.69, 9.17) is 0 Å². The number of amides is 1. The molecule has 1 atom stereocenters. The van der Waals surface area contributed by atoms with E-state index in [0.717, 1.165) is 12.0 Å². The van der Waals surface area contributed by atoms with Crippen LogP contribution in [0.15, 0.2) is 36.4 Å². The van der Waals surface area contributed by atoms with Crippen LogP contribution in [0.5, 0.6) is 0 Å². The highest BCUT2D eigenvalue weighted by Gasteiger charge is 2.22. The Balaban J connectivity index is 2.01. The molecule has 7 nitrogen and oxygen atoms in total. The van der Waals surface area contributed by atoms with E-state index < -0.39 is 11.9 Å². The SMILES string of the molecule is CCCC(CNC(=O)c1cc(-c2ccccc2)nc2c1c(C)nn2C)C(=O)O. The van der Waals surface area contributed by atoms with Crippen molar-refractivity contribution < 1.29 is 14.7 Å². The van der Waals surface area contributed by atoms with Gasteiger partial charge in [-0.3, -0.25) is 14.3 Å². The molecule has 0 spiro atoms. The Bertz CT molecular complexity index is 1010. The molecule has 2 aromatic heterocycles. The number of pyridine rings is 1. The molecule has 0 bridgehead atoms. The predicted molar refractivity (Wildman–Crippen MR) is 107 cm³/mol. The number of carboxylic acid groups (broad SMARTS) is 1. The maximum atomic E-state index is 13.0. The third kappa shape index (κ3) is 3.88. The van der Waals surface area contributed by atoms with E-state index in [1.807, 2.05) is 44.2 Å². The summed E-state index contributed by atoms with van der Waals surface area (Å²) in [6, 6.07) is 11.4. The van der Waals surface area contributed by atoms with Gasteiger partial charge < -0.3 is 10.4 Å². The molecule has 0 fully saturated rings. The molecular weight excluding hydrogens is 356 g/mol. The first-order valence-corrected chi connectivity index (χ1v) is 9.33. The average Bonchev–Trinajstić information content (AvgIpc) is 2.98. The van der Waals surface area contributed by atoms with Crippen molar-refractivity contribution >= 4 is 22.9 Å². The molecule has 0 aliphatic rings. The van der Waals surface area contributed by atoms with Gasteiger partial charge in [-0.2, -0.15) is 5.10 Å². The number of benzene rings is 1. The minimum Gasteiger partial charge on any atom is -0.481 e. The number of carbonyl (C=O) groups excluding carboxylic acids is 1. The van der Waals surface area contributed by atoms with Crippen molar-refractivity contribution in [1.82, 2.24) is 20.1 Å². The van der Waals surface area contributed by atoms with Crippen LogP contribution < -0.4 is 5.32 Å². The van der Waals surface area contributed by atoms with Gasteiger partial charge in [0.1, 0.15) is 0 Å². The zero-order chi connectivity index (χ0) is 20.3. The van der Waals surface area contributed by atoms with E-state index in [0.29, 0.717) is 34.4 Å². The molecule has 0 radical (unpaired) electrons. The lowest BCUT2D eigenvalue weighted by atomic mass is 10.0. The Kier molecular flexibility index (Phi) is 5.73. The number of carboxylic acids is 1. The molecule has 3 rings (SSSR count). The fourth-order valence-corrected chi connectivity index (χ4v) is 3.35. The first-order valence-electron chi connectivity index (χ1n) is 9.33. The largest absolute Gasteiger partial charge is 0.481 e. The highest BCUT2D eigenvalue weighted by atomic mass is 16.4. The van der Waals surface area contributed by atoms with E-state index in [1.54, 1.807) is 17.8 Å². The van der Waals surface area contributed by atoms with Crippen molar-refractivity contribution in [2.75, 3.05) is 6.54 Å². The highest BCUT2D eigenvalue weighted by Crippen LogP contribution is 2.26. The van der Waals surface area contributed by atoms with Crippen molar-refractivity contribution in [1.29, 1.82) is 0 Å². The van der Waals surface area contributed by atoms with Crippen LogP contribution in [-0.2, 0) is 11.8 Å². The highest BCUT2D eigenvalue weighted by molar-refractivity contribution is 6.07. The molecule has 0 saturated carbocycles. The number of aliphatic carboxylic acids is 1. The average molecular weight is 380 g/mol. The molecule has 2 N–H and O–H groups in total. The van der Waals surface area contributed by atoms with E-state index in [9.17, 15) is 14.7 Å². The number of aromatic nitrogens is 3. The van der Waals surface area contributed by atoms with Crippen molar-refractivity contribution in [2.24, 2.45) is 13.0 Å². The van der Waals surface area contributed by atoms with E-state index >= 15 is 0 Å². The summed E-state index contributed by atoms with van der Waals surface area (Å²) in [5.41, 5.74) is 3.34. The van der Waals surface area contributed by atoms with Crippen LogP contribution in [0.4, 0.5) is 0 Å². The van der Waals surface area contributed by atoms with E-state index in [-0.39, 0.29) is 12.5 Å². The number of hydrogen-bond acceptors (Lipinski definition) is 4. The molecule has 0 saturated heterocycles. The topological polar surface area (TPSA) is 97.1 Å². The molecule has 0 aliphatic carbocycles. The van der Waals surface area contributed by atoms with Gasteiger partial charge in [0.25, 0.3) is 5.91 Å². The second kappa shape index (κ2) is 8.21. The van der Waals surface area contributed by atoms with Gasteiger partial charge in [0, 0.05) is 19.2 Å². The van der Waals surface area contributed by atoms with Crippen LogP contribution in [-0.4, -0.2) is 38.3 Å². The summed E-state index contributed by atoms with van der Waals surface area (Å²) in [5.74, 6) is -1.82. The second-order valence-electron chi connectivity index (χ2n) is 6.86. The van der Waals surface area contributed by atoms with Gasteiger partial charge in [0.05, 0.1) is 28.3 Å². The summed E-state index contributed by atoms with van der Waals surface area (Å²) in [4.78, 5) is 29.0. The van der Waals surface area contributed by atoms with Gasteiger partial charge in [0.2, 0.25) is 0 Å². The van der Waals surface area contributed by atoms with Crippen LogP contribution in [0.25, 0.3) is 22.3 Å². The predicted octanol–water partition coefficient (Wildman–Crippen LogP) is 3.17. The van der Waals surface area contributed by atoms with Crippen LogP contribution in [0.3, 0.4) is 0 Å². The fraction of sp³-hybridized carbons (Fsp3) is 0.333. The van der Waals surface area contributed by atoms with Gasteiger partial charge in [-0.1, -0.05) is 43.7 Å². The first kappa shape index (κ1) is 19.5. The molecule has 1 aromatic carbocycles. The Hall–Kier alpha value is -3.22. The molecule has 7 heteroatoms. The van der Waals surface area contributed by atoms with Crippen molar-refractivity contribution in [2.45, 2.75) is 26.7 Å². The minimum atomic E-state index is -0.899. The normalized spacial score (nSPS) is 12.1. The number of nitrogens with one attached hydrogen (secondary N) is 1. The van der Waals surface area contributed by atoms with Crippen molar-refractivity contribution in [3.63, 3.8) is 0 Å². The molecule has 1 amide bonds. The third-order valence-electron chi connectivity index (χ3n) is 4.78. The maximum absolute atomic E-state index is 13.0. The second-order valence-corrected chi connectivity index (χ2v) is 6.86. The number of rotatable bonds is 7. The van der Waals surface area contributed by atoms with Gasteiger partial charge in [-0.05, 0) is 19.4 Å². The van der Waals surface area contributed by atoms with Crippen molar-refractivity contribution in [3.05, 3.63) is 47.7 Å². The minimum absolute atomic E-state index is 0.0891. The Labute approximate surface area is 163 Å². The Morgan fingerprint density at radius 2 is 1.96 bits per heavy atom. The summed E-state index contributed by atoms with van der Waals surface area (Å²) in [6.07, 6.45) is 1.26. The molecule has 2 heterocycles. The maximum Gasteiger partial charge on any atom is 0.308 e. The number of hydrogen-bond donors (Lipinski definition) is 2. The van der Waals surface area contributed by atoms with Gasteiger partial charge >= 0.3 is 5.97 Å². The molecule has 146 valence electrons. The lowest BCUT2D eigenvalue weighted by Crippen LogP contribution is -2.33. The lowest BCUT2D eigenvalue weighted by Gasteiger charge is -2.13. The molecule has 28 heavy (non-hydrogen) atoms. The summed E-state index contributed by atoms with van der Waals surface area (Å²) in [5, 5.41) is 17.2. The third-order valence-corrected chi connectivity index (χ3v) is 4.78. The van der Waals surface area contributed by atoms with Crippen LogP contribution in [0.1, 0.15) is 35.8 Å². The quantitative estimate of drug-likeness (QED) is 0.656. The zero-order valence-corrected chi connectivity index (χ0v) is 16.3. The molecule has 1 unspecified atom stereocenters. The summed E-state index contributed by atoms with van der Waals surface area (Å²) < 4.78 is 1.66. The number of aryl methyl sites for hydroxylation is 2. The van der Waals surface area contributed by atoms with Gasteiger partial charge in [-0.25, -0.2) is 4.98 Å². The van der Waals surface area contributed by atoms with E-state index in [1.165, 1.54) is 0 Å². The molecule has 0 aliphatic heterocycles. The standard InChI is InChI=1S/C21H24N4O3/c1-4-8-15(21(27)28)12-22-20(26)16-11-17(14-9-6-5-7-10-14)23-19-18(16)13(2)24-25(19)3/h5-7,9-11,15H,4,8,12H2,1-3H3,(H,22,26)(H,27,28). The number of carbonyl (C=O) groups is 2. The van der Waals surface area contributed by atoms with Crippen LogP contribution >= 0.6 is 0 Å². The number of fused-ring (bicyclic) bond motifs is 1. The summed E-state index contributed by atoms with van der Waals surface area (Å²) in [6.45, 7) is 3.85. The fourth-order valence-electron chi connectivity index (χ4n) is 3.35. The zero-order valence-electron chi connectivity index (χ0n) is 16.3. The van der Waals surface area contributed by atoms with E-state index in [2.05, 4.69) is 15.4 Å². The Morgan fingerprint density at radius 3 is 2.61 bits per heavy atom. The van der Waals surface area contributed by atoms with Crippen LogP contribution in [0, 0.1) is 12.8 Å². The first-order chi connectivity index (χ1) is 13.4. The summed E-state index contributed by atoms with van der Waals surface area (Å²) in [7, 11) is 1.79. The Morgan fingerprint density at radius 1 is 1.25 bits per heavy atom. The molecule has 3 aromatic rings. The van der Waals surface area contributed by atoms with Gasteiger partial charge in [0.15, 0.2) is 5.65 Å². The lowest BCUT2D eigenvalue weighted by molar-refractivity contribution is -0.141. The summed E-state index contributed by atoms with van der Waals surface area (Å²) >= 11 is 0. The van der Waals surface area contributed by atoms with Crippen LogP contribution in [0.2, 0.25) is 0 Å². The van der Waals surface area contributed by atoms with Crippen molar-refractivity contribution in [3.8, 4) is 11.3 Å².